The summed E-state index contributed by atoms with van der Waals surface area (Å²) in [6, 6.07) is 102. The Bertz CT molecular complexity index is 6280. The molecule has 13 aromatic carbocycles. The second-order valence-electron chi connectivity index (χ2n) is 27.2. The van der Waals surface area contributed by atoms with Gasteiger partial charge in [0.15, 0.2) is 0 Å². The van der Waals surface area contributed by atoms with Crippen molar-refractivity contribution < 1.29 is 0 Å². The van der Waals surface area contributed by atoms with Crippen molar-refractivity contribution in [1.29, 1.82) is 0 Å². The van der Waals surface area contributed by atoms with Gasteiger partial charge in [0, 0.05) is 78.0 Å². The molecule has 0 N–H and O–H groups in total. The molecule has 2 aliphatic carbocycles. The molecule has 0 atom stereocenters. The van der Waals surface area contributed by atoms with Crippen LogP contribution in [-0.4, -0.2) is 19.9 Å². The summed E-state index contributed by atoms with van der Waals surface area (Å²) in [5.41, 5.74) is 23.5. The fraction of sp³-hybridized carbons (Fsp3) is 0.0652. The predicted octanol–water partition coefficient (Wildman–Crippen LogP) is 24.9. The van der Waals surface area contributed by atoms with Crippen LogP contribution < -0.4 is 0 Å². The largest absolute Gasteiger partial charge is 0.256 e. The quantitative estimate of drug-likeness (QED) is 0.142. The number of benzene rings is 13. The van der Waals surface area contributed by atoms with Gasteiger partial charge in [0.2, 0.25) is 0 Å². The molecule has 0 unspecified atom stereocenters. The molecular formula is C92H62N4S. The van der Waals surface area contributed by atoms with Crippen LogP contribution >= 0.6 is 11.3 Å². The highest BCUT2D eigenvalue weighted by Gasteiger charge is 2.38. The zero-order valence-corrected chi connectivity index (χ0v) is 54.9. The van der Waals surface area contributed by atoms with Crippen molar-refractivity contribution in [3.8, 4) is 89.5 Å². The zero-order chi connectivity index (χ0) is 64.7. The molecule has 5 heteroatoms. The Morgan fingerprint density at radius 1 is 0.227 bits per heavy atom. The lowest BCUT2D eigenvalue weighted by Crippen LogP contribution is -2.15. The van der Waals surface area contributed by atoms with Gasteiger partial charge in [-0.05, 0) is 259 Å². The van der Waals surface area contributed by atoms with E-state index in [4.69, 9.17) is 19.9 Å². The van der Waals surface area contributed by atoms with Gasteiger partial charge in [-0.25, -0.2) is 0 Å². The van der Waals surface area contributed by atoms with Crippen LogP contribution in [0.25, 0.3) is 174 Å². The smallest absolute Gasteiger partial charge is 0.0702 e. The first-order chi connectivity index (χ1) is 47.6. The van der Waals surface area contributed by atoms with Crippen LogP contribution in [0.2, 0.25) is 0 Å². The lowest BCUT2D eigenvalue weighted by Gasteiger charge is -2.23. The fourth-order valence-corrected chi connectivity index (χ4v) is 17.4. The van der Waals surface area contributed by atoms with Crippen LogP contribution in [0.15, 0.2) is 304 Å². The minimum absolute atomic E-state index is 0.182. The third kappa shape index (κ3) is 9.03. The second-order valence-corrected chi connectivity index (χ2v) is 28.3. The number of nitrogens with zero attached hydrogens (tertiary/aromatic N) is 4. The number of pyridine rings is 4. The van der Waals surface area contributed by atoms with Crippen LogP contribution in [-0.2, 0) is 10.8 Å². The average Bonchev–Trinajstić information content (AvgIpc) is 1.56. The van der Waals surface area contributed by atoms with E-state index in [9.17, 15) is 0 Å². The number of aromatic nitrogens is 4. The molecule has 97 heavy (non-hydrogen) atoms. The number of fused-ring (bicyclic) bond motifs is 9. The Morgan fingerprint density at radius 3 is 1.01 bits per heavy atom. The molecule has 0 amide bonds. The van der Waals surface area contributed by atoms with Crippen molar-refractivity contribution in [3.05, 3.63) is 326 Å². The Kier molecular flexibility index (Phi) is 12.8. The summed E-state index contributed by atoms with van der Waals surface area (Å²) >= 11 is 1.88. The monoisotopic (exact) mass is 1250 g/mol. The van der Waals surface area contributed by atoms with Crippen molar-refractivity contribution in [2.75, 3.05) is 0 Å². The molecule has 0 aliphatic heterocycles. The molecule has 456 valence electrons. The fourth-order valence-electron chi connectivity index (χ4n) is 16.2. The molecule has 20 rings (SSSR count). The van der Waals surface area contributed by atoms with Crippen molar-refractivity contribution in [2.24, 2.45) is 0 Å². The van der Waals surface area contributed by atoms with Gasteiger partial charge in [0.25, 0.3) is 0 Å². The maximum Gasteiger partial charge on any atom is 0.0702 e. The summed E-state index contributed by atoms with van der Waals surface area (Å²) in [4.78, 5) is 19.1. The number of rotatable bonds is 8. The van der Waals surface area contributed by atoms with E-state index in [1.165, 1.54) is 152 Å². The normalized spacial score (nSPS) is 13.3. The summed E-state index contributed by atoms with van der Waals surface area (Å²) < 4.78 is 2.67. The summed E-state index contributed by atoms with van der Waals surface area (Å²) in [5.74, 6) is 0. The van der Waals surface area contributed by atoms with Crippen molar-refractivity contribution in [2.45, 2.75) is 38.5 Å². The van der Waals surface area contributed by atoms with Crippen LogP contribution in [0, 0.1) is 0 Å². The molecule has 0 radical (unpaired) electrons. The number of hydrogen-bond donors (Lipinski definition) is 0. The van der Waals surface area contributed by atoms with Gasteiger partial charge in [-0.15, -0.1) is 11.3 Å². The third-order valence-electron chi connectivity index (χ3n) is 21.0. The summed E-state index contributed by atoms with van der Waals surface area (Å²) in [6.45, 7) is 9.48. The maximum atomic E-state index is 4.80. The number of thiophene rings is 1. The lowest BCUT2D eigenvalue weighted by molar-refractivity contribution is 0.663. The van der Waals surface area contributed by atoms with Crippen LogP contribution in [0.4, 0.5) is 0 Å². The minimum Gasteiger partial charge on any atom is -0.256 e. The first-order valence-electron chi connectivity index (χ1n) is 33.5. The molecule has 4 nitrogen and oxygen atoms in total. The van der Waals surface area contributed by atoms with Gasteiger partial charge in [0.05, 0.1) is 22.8 Å². The van der Waals surface area contributed by atoms with Crippen molar-refractivity contribution in [3.63, 3.8) is 0 Å². The minimum atomic E-state index is -0.198. The average molecular weight is 1260 g/mol. The van der Waals surface area contributed by atoms with E-state index in [-0.39, 0.29) is 10.8 Å². The molecule has 0 fully saturated rings. The van der Waals surface area contributed by atoms with Gasteiger partial charge in [0.1, 0.15) is 0 Å². The highest BCUT2D eigenvalue weighted by Crippen LogP contribution is 2.56. The van der Waals surface area contributed by atoms with E-state index in [1.54, 1.807) is 0 Å². The van der Waals surface area contributed by atoms with Gasteiger partial charge >= 0.3 is 0 Å². The van der Waals surface area contributed by atoms with Crippen molar-refractivity contribution in [1.82, 2.24) is 19.9 Å². The van der Waals surface area contributed by atoms with E-state index in [1.807, 2.05) is 60.4 Å². The number of hydrogen-bond acceptors (Lipinski definition) is 5. The highest BCUT2D eigenvalue weighted by molar-refractivity contribution is 7.26. The van der Waals surface area contributed by atoms with Gasteiger partial charge in [-0.1, -0.05) is 179 Å². The second kappa shape index (κ2) is 21.9. The van der Waals surface area contributed by atoms with E-state index in [0.717, 1.165) is 45.0 Å². The van der Waals surface area contributed by atoms with Crippen molar-refractivity contribution >= 4 is 96.1 Å². The summed E-state index contributed by atoms with van der Waals surface area (Å²) in [7, 11) is 0. The molecule has 2 aliphatic rings. The van der Waals surface area contributed by atoms with Crippen LogP contribution in [0.5, 0.6) is 0 Å². The van der Waals surface area contributed by atoms with E-state index >= 15 is 0 Å². The Labute approximate surface area is 566 Å². The summed E-state index contributed by atoms with van der Waals surface area (Å²) in [5, 5.41) is 18.3. The van der Waals surface area contributed by atoms with E-state index < -0.39 is 0 Å². The molecular weight excluding hydrogens is 1190 g/mol. The first kappa shape index (κ1) is 56.8. The first-order valence-corrected chi connectivity index (χ1v) is 34.3. The molecule has 5 heterocycles. The Balaban J connectivity index is 0.000000138. The van der Waals surface area contributed by atoms with Gasteiger partial charge in [-0.2, -0.15) is 0 Å². The molecule has 5 aromatic heterocycles. The Morgan fingerprint density at radius 2 is 0.567 bits per heavy atom. The van der Waals surface area contributed by atoms with Gasteiger partial charge < -0.3 is 0 Å². The third-order valence-corrected chi connectivity index (χ3v) is 22.2. The molecule has 0 saturated heterocycles. The Hall–Kier alpha value is -11.8. The van der Waals surface area contributed by atoms with Crippen LogP contribution in [0.1, 0.15) is 49.9 Å². The molecule has 18 aromatic rings. The highest BCUT2D eigenvalue weighted by atomic mass is 32.1. The van der Waals surface area contributed by atoms with E-state index in [2.05, 4.69) is 282 Å². The molecule has 0 bridgehead atoms. The standard InChI is InChI=1S/C49H32N2S.C43H30N2/c1-49(2)41-27-32(43-16-5-7-21-50-43)25-39-35-20-19-30(24-38(35)40-26-33(44-17-6-8-22-51-44)28-42(49)47(40)46(39)41)29-11-9-12-31(23-29)34-14-10-15-37-36-13-3-4-18-45(36)52-48(34)37;1-43(2)37-25-31(39-15-6-8-19-44-39)23-35-33-18-17-30(29-14-10-13-28(21-29)27-11-4-3-5-12-27)22-34(33)36-24-32(40-16-7-9-20-45-40)26-38(43)42(36)41(35)37/h3-28H,1-2H3;3-26H,1-2H3. The topological polar surface area (TPSA) is 51.6 Å². The zero-order valence-electron chi connectivity index (χ0n) is 54.1. The van der Waals surface area contributed by atoms with E-state index in [0.29, 0.717) is 0 Å². The summed E-state index contributed by atoms with van der Waals surface area (Å²) in [6.07, 6.45) is 7.55. The van der Waals surface area contributed by atoms with Crippen LogP contribution in [0.3, 0.4) is 0 Å². The lowest BCUT2D eigenvalue weighted by atomic mass is 9.80. The maximum absolute atomic E-state index is 4.80. The SMILES string of the molecule is CC1(C)c2cc(-c3ccccn3)cc3c4ccc(-c5cccc(-c6cccc7c6sc6ccccc67)c5)cc4c4cc(-c5ccccn5)cc1c4c23.CC1(C)c2cc(-c3ccccn3)cc3c4ccc(-c5cccc(-c6ccccc6)c5)cc4c4cc(-c5ccccn5)cc1c4c23. The predicted molar refractivity (Wildman–Crippen MR) is 410 cm³/mol. The molecule has 0 saturated carbocycles. The molecule has 0 spiro atoms. The van der Waals surface area contributed by atoms with Gasteiger partial charge in [-0.3, -0.25) is 19.9 Å².